The number of aryl methyl sites for hydroxylation is 1. The summed E-state index contributed by atoms with van der Waals surface area (Å²) in [5, 5.41) is 6.82. The first kappa shape index (κ1) is 21.6. The molecule has 6 N–H and O–H groups in total. The summed E-state index contributed by atoms with van der Waals surface area (Å²) in [7, 11) is 2.18. The number of nitrogens with zero attached hydrogens (tertiary/aromatic N) is 4. The molecule has 1 aromatic carbocycles. The highest BCUT2D eigenvalue weighted by molar-refractivity contribution is 5.75. The van der Waals surface area contributed by atoms with Gasteiger partial charge in [-0.25, -0.2) is 0 Å². The van der Waals surface area contributed by atoms with Gasteiger partial charge in [0, 0.05) is 44.5 Å². The molecule has 2 aliphatic rings. The Bertz CT molecular complexity index is 885. The molecule has 0 spiro atoms. The first-order valence-corrected chi connectivity index (χ1v) is 11.4. The minimum atomic E-state index is 0.306. The molecule has 0 atom stereocenters. The Hall–Kier alpha value is -2.58. The number of hydrogen-bond donors (Lipinski definition) is 4. The highest BCUT2D eigenvalue weighted by Gasteiger charge is 2.18. The van der Waals surface area contributed by atoms with Crippen molar-refractivity contribution in [2.24, 2.45) is 0 Å². The SMILES string of the molecule is Cc1cc(CN2CCN(C)CC2)ccc1Nc1nc(N)c(N)c(NC2CCCCC2)n1. The van der Waals surface area contributed by atoms with Crippen LogP contribution in [0.5, 0.6) is 0 Å². The predicted molar refractivity (Wildman–Crippen MR) is 129 cm³/mol. The van der Waals surface area contributed by atoms with Crippen LogP contribution in [0.1, 0.15) is 43.2 Å². The minimum Gasteiger partial charge on any atom is -0.393 e. The smallest absolute Gasteiger partial charge is 0.231 e. The van der Waals surface area contributed by atoms with E-state index in [0.29, 0.717) is 29.3 Å². The molecule has 1 saturated heterocycles. The monoisotopic (exact) mass is 424 g/mol. The highest BCUT2D eigenvalue weighted by Crippen LogP contribution is 2.29. The highest BCUT2D eigenvalue weighted by atomic mass is 15.2. The lowest BCUT2D eigenvalue weighted by atomic mass is 9.95. The van der Waals surface area contributed by atoms with Gasteiger partial charge < -0.3 is 27.0 Å². The standard InChI is InChI=1S/C23H36N8/c1-16-14-17(15-31-12-10-30(2)11-13-31)8-9-19(16)27-23-28-21(25)20(24)22(29-23)26-18-6-4-3-5-7-18/h8-9,14,18H,3-7,10-13,15,24H2,1-2H3,(H4,25,26,27,28,29). The Balaban J connectivity index is 1.44. The molecule has 8 nitrogen and oxygen atoms in total. The van der Waals surface area contributed by atoms with Crippen molar-refractivity contribution in [2.75, 3.05) is 55.3 Å². The molecule has 2 aromatic rings. The number of hydrogen-bond acceptors (Lipinski definition) is 8. The van der Waals surface area contributed by atoms with E-state index in [1.807, 2.05) is 0 Å². The third-order valence-corrected chi connectivity index (χ3v) is 6.46. The number of nitrogens with one attached hydrogen (secondary N) is 2. The van der Waals surface area contributed by atoms with Crippen LogP contribution in [0, 0.1) is 6.92 Å². The van der Waals surface area contributed by atoms with Crippen LogP contribution in [0.3, 0.4) is 0 Å². The second-order valence-corrected chi connectivity index (χ2v) is 9.03. The fourth-order valence-electron chi connectivity index (χ4n) is 4.44. The van der Waals surface area contributed by atoms with Crippen molar-refractivity contribution in [3.63, 3.8) is 0 Å². The van der Waals surface area contributed by atoms with E-state index in [2.05, 4.69) is 62.6 Å². The molecule has 31 heavy (non-hydrogen) atoms. The van der Waals surface area contributed by atoms with Gasteiger partial charge in [0.05, 0.1) is 0 Å². The van der Waals surface area contributed by atoms with Gasteiger partial charge in [-0.2, -0.15) is 9.97 Å². The first-order chi connectivity index (χ1) is 15.0. The van der Waals surface area contributed by atoms with E-state index in [1.165, 1.54) is 24.8 Å². The van der Waals surface area contributed by atoms with Crippen molar-refractivity contribution < 1.29 is 0 Å². The molecule has 0 bridgehead atoms. The molecule has 0 amide bonds. The third-order valence-electron chi connectivity index (χ3n) is 6.46. The zero-order valence-electron chi connectivity index (χ0n) is 18.8. The van der Waals surface area contributed by atoms with Crippen LogP contribution < -0.4 is 22.1 Å². The van der Waals surface area contributed by atoms with E-state index in [9.17, 15) is 0 Å². The maximum atomic E-state index is 6.16. The Morgan fingerprint density at radius 3 is 2.48 bits per heavy atom. The molecule has 1 aliphatic heterocycles. The second kappa shape index (κ2) is 9.70. The van der Waals surface area contributed by atoms with Gasteiger partial charge in [0.2, 0.25) is 5.95 Å². The molecule has 1 aliphatic carbocycles. The molecule has 2 heterocycles. The first-order valence-electron chi connectivity index (χ1n) is 11.4. The maximum absolute atomic E-state index is 6.16. The van der Waals surface area contributed by atoms with Gasteiger partial charge in [0.15, 0.2) is 11.6 Å². The molecule has 1 aromatic heterocycles. The van der Waals surface area contributed by atoms with Gasteiger partial charge >= 0.3 is 0 Å². The Kier molecular flexibility index (Phi) is 6.77. The van der Waals surface area contributed by atoms with Gasteiger partial charge in [0.25, 0.3) is 0 Å². The van der Waals surface area contributed by atoms with Crippen LogP contribution >= 0.6 is 0 Å². The van der Waals surface area contributed by atoms with Crippen LogP contribution in [0.2, 0.25) is 0 Å². The molecule has 4 rings (SSSR count). The average molecular weight is 425 g/mol. The van der Waals surface area contributed by atoms with Crippen LogP contribution in [-0.4, -0.2) is 59.0 Å². The number of nitrogens with two attached hydrogens (primary N) is 2. The summed E-state index contributed by atoms with van der Waals surface area (Å²) in [5.74, 6) is 1.41. The number of piperazine rings is 1. The lowest BCUT2D eigenvalue weighted by molar-refractivity contribution is 0.148. The van der Waals surface area contributed by atoms with Crippen LogP contribution in [0.15, 0.2) is 18.2 Å². The third kappa shape index (κ3) is 5.57. The number of benzene rings is 1. The molecule has 168 valence electrons. The van der Waals surface area contributed by atoms with Gasteiger partial charge in [-0.15, -0.1) is 0 Å². The Morgan fingerprint density at radius 1 is 1.03 bits per heavy atom. The number of rotatable bonds is 6. The zero-order chi connectivity index (χ0) is 21.8. The minimum absolute atomic E-state index is 0.306. The van der Waals surface area contributed by atoms with Crippen molar-refractivity contribution in [2.45, 2.75) is 51.6 Å². The molecule has 2 fully saturated rings. The fraction of sp³-hybridized carbons (Fsp3) is 0.565. The van der Waals surface area contributed by atoms with E-state index >= 15 is 0 Å². The quantitative estimate of drug-likeness (QED) is 0.560. The zero-order valence-corrected chi connectivity index (χ0v) is 18.8. The Morgan fingerprint density at radius 2 is 1.77 bits per heavy atom. The number of nitrogen functional groups attached to an aromatic ring is 2. The maximum Gasteiger partial charge on any atom is 0.231 e. The molecular formula is C23H36N8. The van der Waals surface area contributed by atoms with Gasteiger partial charge in [-0.3, -0.25) is 4.90 Å². The van der Waals surface area contributed by atoms with E-state index in [4.69, 9.17) is 11.5 Å². The van der Waals surface area contributed by atoms with Crippen LogP contribution in [-0.2, 0) is 6.54 Å². The summed E-state index contributed by atoms with van der Waals surface area (Å²) in [4.78, 5) is 13.9. The summed E-state index contributed by atoms with van der Waals surface area (Å²) in [6, 6.07) is 6.91. The molecule has 8 heteroatoms. The lowest BCUT2D eigenvalue weighted by Crippen LogP contribution is -2.43. The van der Waals surface area contributed by atoms with Gasteiger partial charge in [0.1, 0.15) is 5.69 Å². The summed E-state index contributed by atoms with van der Waals surface area (Å²) in [5.41, 5.74) is 16.1. The van der Waals surface area contributed by atoms with E-state index in [-0.39, 0.29) is 0 Å². The van der Waals surface area contributed by atoms with Crippen molar-refractivity contribution in [3.05, 3.63) is 29.3 Å². The van der Waals surface area contributed by atoms with Crippen molar-refractivity contribution >= 4 is 29.0 Å². The van der Waals surface area contributed by atoms with Crippen LogP contribution in [0.25, 0.3) is 0 Å². The van der Waals surface area contributed by atoms with Crippen molar-refractivity contribution in [3.8, 4) is 0 Å². The van der Waals surface area contributed by atoms with Gasteiger partial charge in [-0.1, -0.05) is 31.4 Å². The van der Waals surface area contributed by atoms with E-state index in [1.54, 1.807) is 0 Å². The number of aromatic nitrogens is 2. The van der Waals surface area contributed by atoms with E-state index in [0.717, 1.165) is 56.8 Å². The molecule has 0 unspecified atom stereocenters. The largest absolute Gasteiger partial charge is 0.393 e. The topological polar surface area (TPSA) is 108 Å². The van der Waals surface area contributed by atoms with Crippen molar-refractivity contribution in [1.29, 1.82) is 0 Å². The van der Waals surface area contributed by atoms with Crippen molar-refractivity contribution in [1.82, 2.24) is 19.8 Å². The predicted octanol–water partition coefficient (Wildman–Crippen LogP) is 3.19. The van der Waals surface area contributed by atoms with E-state index < -0.39 is 0 Å². The fourth-order valence-corrected chi connectivity index (χ4v) is 4.44. The summed E-state index contributed by atoms with van der Waals surface area (Å²) in [6.45, 7) is 7.58. The summed E-state index contributed by atoms with van der Waals surface area (Å²) >= 11 is 0. The average Bonchev–Trinajstić information content (AvgIpc) is 2.76. The number of likely N-dealkylation sites (N-methyl/N-ethyl adjacent to an activating group) is 1. The van der Waals surface area contributed by atoms with Crippen LogP contribution in [0.4, 0.5) is 29.0 Å². The Labute approximate surface area is 185 Å². The van der Waals surface area contributed by atoms with Gasteiger partial charge in [-0.05, 0) is 44.0 Å². The molecule has 0 radical (unpaired) electrons. The summed E-state index contributed by atoms with van der Waals surface area (Å²) in [6.07, 6.45) is 6.06. The second-order valence-electron chi connectivity index (χ2n) is 9.03. The summed E-state index contributed by atoms with van der Waals surface area (Å²) < 4.78 is 0. The number of anilines is 5. The lowest BCUT2D eigenvalue weighted by Gasteiger charge is -2.32. The normalized spacial score (nSPS) is 18.8. The molecule has 1 saturated carbocycles. The molecular weight excluding hydrogens is 388 g/mol.